The van der Waals surface area contributed by atoms with Gasteiger partial charge in [-0.05, 0) is 32.0 Å². The monoisotopic (exact) mass is 402 g/mol. The maximum Gasteiger partial charge on any atom is 0.255 e. The molecule has 152 valence electrons. The number of nitrogens with one attached hydrogen (secondary N) is 4. The lowest BCUT2D eigenvalue weighted by atomic mass is 10.0. The Bertz CT molecular complexity index is 1180. The fraction of sp³-hybridized carbons (Fsp3) is 0.190. The number of guanidine groups is 1. The lowest BCUT2D eigenvalue weighted by Crippen LogP contribution is -2.50. The molecule has 3 aromatic rings. The van der Waals surface area contributed by atoms with Crippen molar-refractivity contribution >= 4 is 28.5 Å². The van der Waals surface area contributed by atoms with Gasteiger partial charge in [-0.15, -0.1) is 0 Å². The van der Waals surface area contributed by atoms with E-state index in [0.29, 0.717) is 17.0 Å². The summed E-state index contributed by atoms with van der Waals surface area (Å²) in [5.41, 5.74) is 11.8. The molecule has 30 heavy (non-hydrogen) atoms. The summed E-state index contributed by atoms with van der Waals surface area (Å²) in [6.07, 6.45) is 0. The first-order valence-corrected chi connectivity index (χ1v) is 9.47. The van der Waals surface area contributed by atoms with E-state index in [9.17, 15) is 4.79 Å². The van der Waals surface area contributed by atoms with Crippen LogP contribution in [0, 0.1) is 10.9 Å². The summed E-state index contributed by atoms with van der Waals surface area (Å²) < 4.78 is 0. The summed E-state index contributed by atoms with van der Waals surface area (Å²) in [6, 6.07) is 14.9. The molecule has 2 heterocycles. The molecule has 1 aliphatic heterocycles. The van der Waals surface area contributed by atoms with Crippen LogP contribution in [0.2, 0.25) is 0 Å². The SMILES string of the molecule is CC1=C(C(=O)Nc2ccc3[nH]nc(-c4ccccc4)c3c2)[C@@H](C)N(N=N)C(=N)N1C. The molecule has 0 fully saturated rings. The van der Waals surface area contributed by atoms with Gasteiger partial charge in [0, 0.05) is 29.4 Å². The van der Waals surface area contributed by atoms with E-state index < -0.39 is 6.04 Å². The van der Waals surface area contributed by atoms with Crippen molar-refractivity contribution < 1.29 is 4.79 Å². The maximum atomic E-state index is 13.1. The van der Waals surface area contributed by atoms with Gasteiger partial charge in [0.05, 0.1) is 22.8 Å². The standard InChI is InChI=1S/C21H22N8O/c1-12-18(13(2)29(27-23)21(22)28(12)3)20(30)24-15-9-10-17-16(11-15)19(26-25-17)14-7-5-4-6-8-14/h4-11,13,22-23H,1-3H3,(H,24,30)(H,25,26)/t13-/m1/s1. The highest BCUT2D eigenvalue weighted by molar-refractivity contribution is 6.07. The Morgan fingerprint density at radius 3 is 2.67 bits per heavy atom. The molecule has 9 heteroatoms. The van der Waals surface area contributed by atoms with Gasteiger partial charge >= 0.3 is 0 Å². The lowest BCUT2D eigenvalue weighted by molar-refractivity contribution is -0.113. The topological polar surface area (TPSA) is 124 Å². The highest BCUT2D eigenvalue weighted by Crippen LogP contribution is 2.30. The summed E-state index contributed by atoms with van der Waals surface area (Å²) in [5, 5.41) is 24.0. The molecule has 0 aliphatic carbocycles. The molecular formula is C21H22N8O. The van der Waals surface area contributed by atoms with Gasteiger partial charge in [-0.2, -0.15) is 10.6 Å². The molecule has 1 amide bonds. The number of amides is 1. The first kappa shape index (κ1) is 19.3. The van der Waals surface area contributed by atoms with E-state index in [0.717, 1.165) is 22.2 Å². The fourth-order valence-electron chi connectivity index (χ4n) is 3.70. The highest BCUT2D eigenvalue weighted by atomic mass is 16.1. The number of rotatable bonds is 4. The third-order valence-electron chi connectivity index (χ3n) is 5.43. The summed E-state index contributed by atoms with van der Waals surface area (Å²) in [6.45, 7) is 3.54. The number of carbonyl (C=O) groups is 1. The zero-order valence-corrected chi connectivity index (χ0v) is 16.9. The summed E-state index contributed by atoms with van der Waals surface area (Å²) in [7, 11) is 1.68. The first-order valence-electron chi connectivity index (χ1n) is 9.47. The van der Waals surface area contributed by atoms with Gasteiger partial charge in [0.2, 0.25) is 5.96 Å². The molecule has 0 spiro atoms. The minimum Gasteiger partial charge on any atom is -0.322 e. The number of nitrogens with zero attached hydrogens (tertiary/aromatic N) is 4. The smallest absolute Gasteiger partial charge is 0.255 e. The van der Waals surface area contributed by atoms with Gasteiger partial charge in [0.25, 0.3) is 5.91 Å². The number of hydrogen-bond donors (Lipinski definition) is 4. The molecule has 9 nitrogen and oxygen atoms in total. The average molecular weight is 402 g/mol. The van der Waals surface area contributed by atoms with Crippen molar-refractivity contribution in [3.8, 4) is 11.3 Å². The molecule has 1 aliphatic rings. The second-order valence-corrected chi connectivity index (χ2v) is 7.15. The Balaban J connectivity index is 1.68. The van der Waals surface area contributed by atoms with Gasteiger partial charge in [0.1, 0.15) is 0 Å². The fourth-order valence-corrected chi connectivity index (χ4v) is 3.70. The summed E-state index contributed by atoms with van der Waals surface area (Å²) in [4.78, 5) is 14.7. The van der Waals surface area contributed by atoms with Crippen LogP contribution in [0.1, 0.15) is 13.8 Å². The van der Waals surface area contributed by atoms with Crippen molar-refractivity contribution in [1.82, 2.24) is 20.1 Å². The number of benzene rings is 2. The van der Waals surface area contributed by atoms with Crippen molar-refractivity contribution in [2.75, 3.05) is 12.4 Å². The molecule has 4 N–H and O–H groups in total. The van der Waals surface area contributed by atoms with Crippen molar-refractivity contribution in [3.63, 3.8) is 0 Å². The predicted molar refractivity (Wildman–Crippen MR) is 115 cm³/mol. The van der Waals surface area contributed by atoms with Crippen molar-refractivity contribution in [3.05, 3.63) is 59.8 Å². The molecule has 0 bridgehead atoms. The van der Waals surface area contributed by atoms with Crippen molar-refractivity contribution in [2.45, 2.75) is 19.9 Å². The molecule has 0 unspecified atom stereocenters. The van der Waals surface area contributed by atoms with Crippen LogP contribution in [0.15, 0.2) is 65.0 Å². The van der Waals surface area contributed by atoms with Crippen LogP contribution in [0.25, 0.3) is 22.2 Å². The predicted octanol–water partition coefficient (Wildman–Crippen LogP) is 3.96. The van der Waals surface area contributed by atoms with Crippen LogP contribution in [-0.2, 0) is 4.79 Å². The number of aromatic amines is 1. The Labute approximate surface area is 173 Å². The van der Waals surface area contributed by atoms with Crippen molar-refractivity contribution in [1.29, 1.82) is 10.9 Å². The second-order valence-electron chi connectivity index (χ2n) is 7.15. The minimum atomic E-state index is -0.524. The number of anilines is 1. The first-order chi connectivity index (χ1) is 14.4. The molecule has 0 saturated heterocycles. The zero-order valence-electron chi connectivity index (χ0n) is 16.9. The van der Waals surface area contributed by atoms with Gasteiger partial charge in [-0.25, -0.2) is 5.01 Å². The largest absolute Gasteiger partial charge is 0.322 e. The highest BCUT2D eigenvalue weighted by Gasteiger charge is 2.35. The van der Waals surface area contributed by atoms with Gasteiger partial charge in [-0.1, -0.05) is 35.6 Å². The third kappa shape index (κ3) is 3.10. The Kier molecular flexibility index (Phi) is 4.78. The van der Waals surface area contributed by atoms with E-state index in [1.807, 2.05) is 48.5 Å². The molecule has 4 rings (SSSR count). The molecule has 1 atom stereocenters. The van der Waals surface area contributed by atoms with Gasteiger partial charge < -0.3 is 10.2 Å². The van der Waals surface area contributed by atoms with E-state index in [1.165, 1.54) is 5.01 Å². The molecule has 2 aromatic carbocycles. The molecular weight excluding hydrogens is 380 g/mol. The van der Waals surface area contributed by atoms with Gasteiger partial charge in [0.15, 0.2) is 0 Å². The Morgan fingerprint density at radius 2 is 1.97 bits per heavy atom. The van der Waals surface area contributed by atoms with E-state index in [2.05, 4.69) is 20.7 Å². The third-order valence-corrected chi connectivity index (χ3v) is 5.43. The number of fused-ring (bicyclic) bond motifs is 1. The van der Waals surface area contributed by atoms with E-state index in [-0.39, 0.29) is 11.9 Å². The second kappa shape index (κ2) is 7.43. The maximum absolute atomic E-state index is 13.1. The van der Waals surface area contributed by atoms with Crippen LogP contribution >= 0.6 is 0 Å². The Morgan fingerprint density at radius 1 is 1.23 bits per heavy atom. The number of hydrogen-bond acceptors (Lipinski definition) is 5. The Hall–Kier alpha value is -4.01. The van der Waals surface area contributed by atoms with Crippen molar-refractivity contribution in [2.24, 2.45) is 5.22 Å². The summed E-state index contributed by atoms with van der Waals surface area (Å²) in [5.74, 6) is -0.240. The zero-order chi connectivity index (χ0) is 21.4. The quantitative estimate of drug-likeness (QED) is 0.493. The minimum absolute atomic E-state index is 0.0545. The van der Waals surface area contributed by atoms with Crippen LogP contribution in [0.4, 0.5) is 5.69 Å². The van der Waals surface area contributed by atoms with Gasteiger partial charge in [-0.3, -0.25) is 15.3 Å². The van der Waals surface area contributed by atoms with E-state index >= 15 is 0 Å². The number of H-pyrrole nitrogens is 1. The van der Waals surface area contributed by atoms with Crippen LogP contribution in [0.5, 0.6) is 0 Å². The average Bonchev–Trinajstić information content (AvgIpc) is 3.16. The van der Waals surface area contributed by atoms with Crippen LogP contribution in [0.3, 0.4) is 0 Å². The number of carbonyl (C=O) groups excluding carboxylic acids is 1. The van der Waals surface area contributed by atoms with Crippen LogP contribution in [-0.4, -0.2) is 45.1 Å². The molecule has 1 aromatic heterocycles. The molecule has 0 radical (unpaired) electrons. The molecule has 0 saturated carbocycles. The normalized spacial score (nSPS) is 16.9. The van der Waals surface area contributed by atoms with Crippen LogP contribution < -0.4 is 5.32 Å². The van der Waals surface area contributed by atoms with E-state index in [4.69, 9.17) is 10.9 Å². The number of aromatic nitrogens is 2. The lowest BCUT2D eigenvalue weighted by Gasteiger charge is -2.38. The summed E-state index contributed by atoms with van der Waals surface area (Å²) >= 11 is 0. The number of allylic oxidation sites excluding steroid dienone is 1. The van der Waals surface area contributed by atoms with E-state index in [1.54, 1.807) is 25.8 Å².